The number of pyridine rings is 1. The number of hydrogen-bond donors (Lipinski definition) is 0. The monoisotopic (exact) mass is 799 g/mol. The van der Waals surface area contributed by atoms with Gasteiger partial charge in [0, 0.05) is 16.4 Å². The smallest absolute Gasteiger partial charge is 0.0726 e. The lowest BCUT2D eigenvalue weighted by Crippen LogP contribution is -2.44. The van der Waals surface area contributed by atoms with Crippen LogP contribution >= 0.6 is 0 Å². The molecule has 63 heavy (non-hydrogen) atoms. The SMILES string of the molecule is CC1(C)c2ccccc2-c2ccc(-c3cc(-c4cccc5c4C4(c6ccccc6-c6ccccc64)c4ccccc4C54c5ccccc5-c5ccccc54)nc4ccccc34)cc21. The van der Waals surface area contributed by atoms with E-state index in [4.69, 9.17) is 4.98 Å². The molecule has 0 unspecified atom stereocenters. The molecule has 1 heterocycles. The van der Waals surface area contributed by atoms with Gasteiger partial charge in [0.15, 0.2) is 0 Å². The molecule has 10 aromatic rings. The molecule has 0 bridgehead atoms. The highest BCUT2D eigenvalue weighted by Crippen LogP contribution is 2.68. The van der Waals surface area contributed by atoms with Crippen LogP contribution in [0.25, 0.3) is 66.7 Å². The van der Waals surface area contributed by atoms with Gasteiger partial charge in [0.25, 0.3) is 0 Å². The average molecular weight is 800 g/mol. The number of aromatic nitrogens is 1. The molecule has 14 rings (SSSR count). The first-order chi connectivity index (χ1) is 31.0. The van der Waals surface area contributed by atoms with Crippen LogP contribution in [0.3, 0.4) is 0 Å². The second kappa shape index (κ2) is 12.3. The Kier molecular flexibility index (Phi) is 6.83. The van der Waals surface area contributed by atoms with Gasteiger partial charge in [0.1, 0.15) is 0 Å². The van der Waals surface area contributed by atoms with Gasteiger partial charge in [0.05, 0.1) is 22.0 Å². The maximum Gasteiger partial charge on any atom is 0.0726 e. The highest BCUT2D eigenvalue weighted by molar-refractivity contribution is 6.00. The van der Waals surface area contributed by atoms with E-state index in [2.05, 4.69) is 226 Å². The Hall–Kier alpha value is -7.61. The van der Waals surface area contributed by atoms with E-state index in [1.807, 2.05) is 0 Å². The van der Waals surface area contributed by atoms with E-state index < -0.39 is 10.8 Å². The van der Waals surface area contributed by atoms with Gasteiger partial charge >= 0.3 is 0 Å². The van der Waals surface area contributed by atoms with Crippen LogP contribution < -0.4 is 0 Å². The summed E-state index contributed by atoms with van der Waals surface area (Å²) in [6.07, 6.45) is 0. The molecule has 4 aliphatic rings. The second-order valence-electron chi connectivity index (χ2n) is 18.5. The summed E-state index contributed by atoms with van der Waals surface area (Å²) in [5, 5.41) is 1.16. The predicted octanol–water partition coefficient (Wildman–Crippen LogP) is 14.9. The summed E-state index contributed by atoms with van der Waals surface area (Å²) < 4.78 is 0. The third-order valence-electron chi connectivity index (χ3n) is 15.4. The average Bonchev–Trinajstić information content (AvgIpc) is 3.90. The molecule has 0 saturated carbocycles. The van der Waals surface area contributed by atoms with Gasteiger partial charge < -0.3 is 0 Å². The van der Waals surface area contributed by atoms with Gasteiger partial charge in [0.2, 0.25) is 0 Å². The summed E-state index contributed by atoms with van der Waals surface area (Å²) in [6, 6.07) is 80.3. The van der Waals surface area contributed by atoms with Crippen LogP contribution in [0.1, 0.15) is 69.5 Å². The van der Waals surface area contributed by atoms with Crippen molar-refractivity contribution in [1.82, 2.24) is 4.98 Å². The number of nitrogens with zero attached hydrogens (tertiary/aromatic N) is 1. The van der Waals surface area contributed by atoms with Crippen molar-refractivity contribution in [3.8, 4) is 55.8 Å². The number of benzene rings is 9. The molecule has 0 N–H and O–H groups in total. The summed E-state index contributed by atoms with van der Waals surface area (Å²) in [6.45, 7) is 4.75. The number of para-hydroxylation sites is 1. The zero-order valence-corrected chi connectivity index (χ0v) is 35.2. The van der Waals surface area contributed by atoms with Crippen LogP contribution in [0.2, 0.25) is 0 Å². The molecule has 0 aliphatic heterocycles. The summed E-state index contributed by atoms with van der Waals surface area (Å²) in [5.41, 5.74) is 25.5. The molecule has 0 fully saturated rings. The zero-order chi connectivity index (χ0) is 41.7. The summed E-state index contributed by atoms with van der Waals surface area (Å²) in [5.74, 6) is 0. The fourth-order valence-electron chi connectivity index (χ4n) is 12.9. The molecule has 0 atom stereocenters. The Balaban J connectivity index is 1.13. The molecule has 4 aliphatic carbocycles. The van der Waals surface area contributed by atoms with Crippen molar-refractivity contribution in [2.75, 3.05) is 0 Å². The molecule has 1 aromatic heterocycles. The van der Waals surface area contributed by atoms with E-state index >= 15 is 0 Å². The van der Waals surface area contributed by atoms with E-state index in [1.54, 1.807) is 0 Å². The number of rotatable bonds is 2. The Morgan fingerprint density at radius 3 is 1.33 bits per heavy atom. The molecule has 0 amide bonds. The quantitative estimate of drug-likeness (QED) is 0.170. The van der Waals surface area contributed by atoms with Gasteiger partial charge in [-0.05, 0) is 118 Å². The van der Waals surface area contributed by atoms with E-state index in [9.17, 15) is 0 Å². The van der Waals surface area contributed by atoms with Crippen molar-refractivity contribution >= 4 is 10.9 Å². The van der Waals surface area contributed by atoms with Crippen molar-refractivity contribution in [3.05, 3.63) is 268 Å². The summed E-state index contributed by atoms with van der Waals surface area (Å²) in [7, 11) is 0. The maximum atomic E-state index is 5.70. The fourth-order valence-corrected chi connectivity index (χ4v) is 12.9. The Bertz CT molecular complexity index is 3530. The van der Waals surface area contributed by atoms with Crippen LogP contribution in [0.5, 0.6) is 0 Å². The standard InChI is InChI=1S/C62H41N/c1-60(2)48-25-9-3-18-39(48)44-35-34-38(36-56(44)60)47-37-58(63-57-33-16-8-23-45(47)57)46-24-17-32-55-59(46)62(51-28-12-6-21-42(51)43-22-7-13-29-52(43)62)54-31-15-14-30-53(54)61(55)49-26-10-4-19-40(49)41-20-5-11-27-50(41)61/h3-37H,1-2H3. The fraction of sp³-hybridized carbons (Fsp3) is 0.0806. The van der Waals surface area contributed by atoms with Crippen LogP contribution in [0.4, 0.5) is 0 Å². The lowest BCUT2D eigenvalue weighted by atomic mass is 9.51. The van der Waals surface area contributed by atoms with Crippen LogP contribution in [0.15, 0.2) is 212 Å². The van der Waals surface area contributed by atoms with E-state index in [0.29, 0.717) is 0 Å². The Morgan fingerprint density at radius 2 is 0.730 bits per heavy atom. The Labute approximate surface area is 368 Å². The largest absolute Gasteiger partial charge is 0.248 e. The lowest BCUT2D eigenvalue weighted by Gasteiger charge is -2.49. The molecular weight excluding hydrogens is 759 g/mol. The van der Waals surface area contributed by atoms with Crippen LogP contribution in [-0.2, 0) is 16.2 Å². The second-order valence-corrected chi connectivity index (χ2v) is 18.5. The van der Waals surface area contributed by atoms with Gasteiger partial charge in [-0.25, -0.2) is 4.98 Å². The Morgan fingerprint density at radius 1 is 0.302 bits per heavy atom. The van der Waals surface area contributed by atoms with E-state index in [1.165, 1.54) is 100 Å². The first-order valence-corrected chi connectivity index (χ1v) is 22.3. The summed E-state index contributed by atoms with van der Waals surface area (Å²) in [4.78, 5) is 5.70. The molecular formula is C62H41N. The minimum atomic E-state index is -0.621. The predicted molar refractivity (Wildman–Crippen MR) is 258 cm³/mol. The van der Waals surface area contributed by atoms with Gasteiger partial charge in [-0.15, -0.1) is 0 Å². The molecule has 1 nitrogen and oxygen atoms in total. The molecule has 0 radical (unpaired) electrons. The van der Waals surface area contributed by atoms with E-state index in [-0.39, 0.29) is 5.41 Å². The van der Waals surface area contributed by atoms with Gasteiger partial charge in [-0.3, -0.25) is 0 Å². The van der Waals surface area contributed by atoms with Crippen molar-refractivity contribution in [2.24, 2.45) is 0 Å². The zero-order valence-electron chi connectivity index (χ0n) is 35.2. The molecule has 9 aromatic carbocycles. The lowest BCUT2D eigenvalue weighted by molar-refractivity contribution is 0.634. The highest BCUT2D eigenvalue weighted by atomic mass is 14.7. The third kappa shape index (κ3) is 4.21. The minimum Gasteiger partial charge on any atom is -0.248 e. The number of fused-ring (bicyclic) bond motifs is 20. The topological polar surface area (TPSA) is 12.9 Å². The number of hydrogen-bond acceptors (Lipinski definition) is 1. The van der Waals surface area contributed by atoms with E-state index in [0.717, 1.165) is 22.2 Å². The van der Waals surface area contributed by atoms with Crippen molar-refractivity contribution < 1.29 is 0 Å². The molecule has 1 heteroatoms. The minimum absolute atomic E-state index is 0.114. The van der Waals surface area contributed by atoms with Crippen molar-refractivity contribution in [2.45, 2.75) is 30.1 Å². The van der Waals surface area contributed by atoms with Gasteiger partial charge in [-0.2, -0.15) is 0 Å². The summed E-state index contributed by atoms with van der Waals surface area (Å²) >= 11 is 0. The first-order valence-electron chi connectivity index (χ1n) is 22.3. The van der Waals surface area contributed by atoms with Crippen LogP contribution in [-0.4, -0.2) is 4.98 Å². The van der Waals surface area contributed by atoms with Gasteiger partial charge in [-0.1, -0.05) is 208 Å². The van der Waals surface area contributed by atoms with Crippen molar-refractivity contribution in [3.63, 3.8) is 0 Å². The maximum absolute atomic E-state index is 5.70. The third-order valence-corrected chi connectivity index (χ3v) is 15.4. The normalized spacial score (nSPS) is 15.5. The highest BCUT2D eigenvalue weighted by Gasteiger charge is 2.59. The van der Waals surface area contributed by atoms with Crippen molar-refractivity contribution in [1.29, 1.82) is 0 Å². The molecule has 0 saturated heterocycles. The first kappa shape index (κ1) is 35.0. The molecule has 2 spiro atoms. The van der Waals surface area contributed by atoms with Crippen LogP contribution in [0, 0.1) is 0 Å². The molecule has 294 valence electrons.